The van der Waals surface area contributed by atoms with Crippen molar-refractivity contribution in [1.29, 1.82) is 0 Å². The first kappa shape index (κ1) is 23.0. The Morgan fingerprint density at radius 1 is 1.23 bits per heavy atom. The summed E-state index contributed by atoms with van der Waals surface area (Å²) in [6.07, 6.45) is 3.05. The molecule has 1 heterocycles. The number of amides is 1. The standard InChI is InChI=1S/C23H21ClIN3O3/c1-3-30-20-12-17(13-27-28-23(29)18-8-5-9-26-22(18)24)11-19(25)21(20)31-14-16-7-4-6-15(2)10-16/h4-13H,3,14H2,1-2H3,(H,28,29). The van der Waals surface area contributed by atoms with Gasteiger partial charge in [-0.2, -0.15) is 5.10 Å². The Bertz CT molecular complexity index is 1110. The molecule has 0 atom stereocenters. The van der Waals surface area contributed by atoms with E-state index in [1.54, 1.807) is 12.1 Å². The largest absolute Gasteiger partial charge is 0.490 e. The zero-order valence-electron chi connectivity index (χ0n) is 17.1. The third-order valence-electron chi connectivity index (χ3n) is 4.18. The fourth-order valence-electron chi connectivity index (χ4n) is 2.80. The van der Waals surface area contributed by atoms with E-state index in [4.69, 9.17) is 21.1 Å². The van der Waals surface area contributed by atoms with Crippen LogP contribution >= 0.6 is 34.2 Å². The normalized spacial score (nSPS) is 10.8. The lowest BCUT2D eigenvalue weighted by atomic mass is 10.1. The molecule has 0 spiro atoms. The molecule has 0 fully saturated rings. The van der Waals surface area contributed by atoms with Gasteiger partial charge in [0.15, 0.2) is 11.5 Å². The molecule has 3 rings (SSSR count). The van der Waals surface area contributed by atoms with Crippen molar-refractivity contribution >= 4 is 46.3 Å². The van der Waals surface area contributed by atoms with Crippen LogP contribution in [-0.4, -0.2) is 23.7 Å². The molecule has 0 radical (unpaired) electrons. The molecular formula is C23H21ClIN3O3. The molecule has 1 aromatic heterocycles. The number of halogens is 2. The second-order valence-corrected chi connectivity index (χ2v) is 8.10. The Hall–Kier alpha value is -2.65. The maximum atomic E-state index is 12.2. The smallest absolute Gasteiger partial charge is 0.274 e. The number of benzene rings is 2. The summed E-state index contributed by atoms with van der Waals surface area (Å²) in [5.74, 6) is 0.851. The molecular weight excluding hydrogens is 529 g/mol. The van der Waals surface area contributed by atoms with Gasteiger partial charge in [0.1, 0.15) is 11.8 Å². The monoisotopic (exact) mass is 549 g/mol. The number of aryl methyl sites for hydroxylation is 1. The fourth-order valence-corrected chi connectivity index (χ4v) is 3.79. The number of hydrazone groups is 1. The molecule has 31 heavy (non-hydrogen) atoms. The van der Waals surface area contributed by atoms with Crippen LogP contribution in [0.5, 0.6) is 11.5 Å². The summed E-state index contributed by atoms with van der Waals surface area (Å²) in [5, 5.41) is 4.15. The van der Waals surface area contributed by atoms with Crippen molar-refractivity contribution in [1.82, 2.24) is 10.4 Å². The molecule has 8 heteroatoms. The van der Waals surface area contributed by atoms with Crippen LogP contribution < -0.4 is 14.9 Å². The molecule has 1 amide bonds. The van der Waals surface area contributed by atoms with Gasteiger partial charge in [-0.1, -0.05) is 41.4 Å². The van der Waals surface area contributed by atoms with E-state index in [9.17, 15) is 4.79 Å². The summed E-state index contributed by atoms with van der Waals surface area (Å²) in [6, 6.07) is 15.1. The summed E-state index contributed by atoms with van der Waals surface area (Å²) >= 11 is 8.14. The lowest BCUT2D eigenvalue weighted by molar-refractivity contribution is 0.0955. The Balaban J connectivity index is 1.73. The molecule has 0 unspecified atom stereocenters. The van der Waals surface area contributed by atoms with Gasteiger partial charge in [-0.05, 0) is 71.8 Å². The van der Waals surface area contributed by atoms with E-state index in [1.807, 2.05) is 44.2 Å². The first-order valence-corrected chi connectivity index (χ1v) is 11.0. The van der Waals surface area contributed by atoms with Gasteiger partial charge in [0, 0.05) is 6.20 Å². The zero-order valence-corrected chi connectivity index (χ0v) is 20.0. The molecule has 0 saturated carbocycles. The van der Waals surface area contributed by atoms with Crippen molar-refractivity contribution in [2.45, 2.75) is 20.5 Å². The number of hydrogen-bond donors (Lipinski definition) is 1. The molecule has 2 aromatic carbocycles. The predicted octanol–water partition coefficient (Wildman–Crippen LogP) is 5.39. The van der Waals surface area contributed by atoms with Gasteiger partial charge < -0.3 is 9.47 Å². The molecule has 6 nitrogen and oxygen atoms in total. The van der Waals surface area contributed by atoms with Crippen LogP contribution in [0.3, 0.4) is 0 Å². The maximum absolute atomic E-state index is 12.2. The molecule has 0 saturated heterocycles. The number of carbonyl (C=O) groups excluding carboxylic acids is 1. The number of nitrogens with one attached hydrogen (secondary N) is 1. The van der Waals surface area contributed by atoms with Gasteiger partial charge in [-0.15, -0.1) is 0 Å². The van der Waals surface area contributed by atoms with Gasteiger partial charge >= 0.3 is 0 Å². The molecule has 1 N–H and O–H groups in total. The average molecular weight is 550 g/mol. The number of hydrogen-bond acceptors (Lipinski definition) is 5. The number of aromatic nitrogens is 1. The molecule has 0 bridgehead atoms. The van der Waals surface area contributed by atoms with Crippen molar-refractivity contribution in [2.75, 3.05) is 6.61 Å². The van der Waals surface area contributed by atoms with E-state index in [0.29, 0.717) is 24.7 Å². The minimum absolute atomic E-state index is 0.124. The quantitative estimate of drug-likeness (QED) is 0.177. The van der Waals surface area contributed by atoms with Crippen molar-refractivity contribution in [3.05, 3.63) is 85.7 Å². The van der Waals surface area contributed by atoms with Gasteiger partial charge in [0.05, 0.1) is 22.0 Å². The highest BCUT2D eigenvalue weighted by Crippen LogP contribution is 2.34. The topological polar surface area (TPSA) is 72.8 Å². The lowest BCUT2D eigenvalue weighted by Gasteiger charge is -2.15. The summed E-state index contributed by atoms with van der Waals surface area (Å²) in [5.41, 5.74) is 5.74. The highest BCUT2D eigenvalue weighted by molar-refractivity contribution is 14.1. The summed E-state index contributed by atoms with van der Waals surface area (Å²) in [7, 11) is 0. The minimum Gasteiger partial charge on any atom is -0.490 e. The number of carbonyl (C=O) groups is 1. The SMILES string of the molecule is CCOc1cc(C=NNC(=O)c2cccnc2Cl)cc(I)c1OCc1cccc(C)c1. The summed E-state index contributed by atoms with van der Waals surface area (Å²) in [6.45, 7) is 4.89. The van der Waals surface area contributed by atoms with Crippen molar-refractivity contribution in [3.8, 4) is 11.5 Å². The lowest BCUT2D eigenvalue weighted by Crippen LogP contribution is -2.18. The van der Waals surface area contributed by atoms with Crippen LogP contribution in [0.4, 0.5) is 0 Å². The van der Waals surface area contributed by atoms with Gasteiger partial charge in [0.25, 0.3) is 5.91 Å². The van der Waals surface area contributed by atoms with Crippen LogP contribution in [-0.2, 0) is 6.61 Å². The molecule has 0 aliphatic heterocycles. The minimum atomic E-state index is -0.438. The second-order valence-electron chi connectivity index (χ2n) is 6.58. The van der Waals surface area contributed by atoms with E-state index >= 15 is 0 Å². The Kier molecular flexibility index (Phi) is 8.25. The molecule has 0 aliphatic carbocycles. The molecule has 160 valence electrons. The summed E-state index contributed by atoms with van der Waals surface area (Å²) < 4.78 is 12.7. The molecule has 3 aromatic rings. The van der Waals surface area contributed by atoms with Crippen LogP contribution in [0.15, 0.2) is 59.8 Å². The Morgan fingerprint density at radius 2 is 2.06 bits per heavy atom. The van der Waals surface area contributed by atoms with E-state index in [2.05, 4.69) is 44.2 Å². The van der Waals surface area contributed by atoms with Crippen LogP contribution in [0.25, 0.3) is 0 Å². The maximum Gasteiger partial charge on any atom is 0.274 e. The number of ether oxygens (including phenoxy) is 2. The van der Waals surface area contributed by atoms with E-state index < -0.39 is 5.91 Å². The first-order valence-electron chi connectivity index (χ1n) is 9.56. The van der Waals surface area contributed by atoms with Crippen molar-refractivity contribution in [2.24, 2.45) is 5.10 Å². The van der Waals surface area contributed by atoms with Gasteiger partial charge in [-0.25, -0.2) is 10.4 Å². The van der Waals surface area contributed by atoms with E-state index in [0.717, 1.165) is 14.7 Å². The Labute approximate surface area is 199 Å². The van der Waals surface area contributed by atoms with Crippen LogP contribution in [0.1, 0.15) is 34.0 Å². The number of nitrogens with zero attached hydrogens (tertiary/aromatic N) is 2. The third kappa shape index (κ3) is 6.41. The molecule has 0 aliphatic rings. The van der Waals surface area contributed by atoms with Crippen molar-refractivity contribution < 1.29 is 14.3 Å². The van der Waals surface area contributed by atoms with Crippen LogP contribution in [0.2, 0.25) is 5.15 Å². The zero-order chi connectivity index (χ0) is 22.2. The summed E-state index contributed by atoms with van der Waals surface area (Å²) in [4.78, 5) is 16.1. The highest BCUT2D eigenvalue weighted by Gasteiger charge is 2.13. The van der Waals surface area contributed by atoms with Gasteiger partial charge in [-0.3, -0.25) is 4.79 Å². The van der Waals surface area contributed by atoms with Crippen LogP contribution in [0, 0.1) is 10.5 Å². The van der Waals surface area contributed by atoms with Gasteiger partial charge in [0.2, 0.25) is 0 Å². The predicted molar refractivity (Wildman–Crippen MR) is 130 cm³/mol. The first-order chi connectivity index (χ1) is 15.0. The van der Waals surface area contributed by atoms with E-state index in [1.165, 1.54) is 18.0 Å². The highest BCUT2D eigenvalue weighted by atomic mass is 127. The van der Waals surface area contributed by atoms with E-state index in [-0.39, 0.29) is 10.7 Å². The number of rotatable bonds is 8. The average Bonchev–Trinajstić information content (AvgIpc) is 2.73. The number of pyridine rings is 1. The van der Waals surface area contributed by atoms with Crippen molar-refractivity contribution in [3.63, 3.8) is 0 Å². The second kappa shape index (κ2) is 11.1. The third-order valence-corrected chi connectivity index (χ3v) is 5.28. The Morgan fingerprint density at radius 3 is 2.81 bits per heavy atom. The fraction of sp³-hybridized carbons (Fsp3) is 0.174.